The van der Waals surface area contributed by atoms with Crippen LogP contribution in [0, 0.1) is 0 Å². The highest BCUT2D eigenvalue weighted by Gasteiger charge is 2.23. The molecule has 0 aliphatic carbocycles. The summed E-state index contributed by atoms with van der Waals surface area (Å²) < 4.78 is 0. The average molecular weight is 356 g/mol. The third-order valence-corrected chi connectivity index (χ3v) is 4.66. The monoisotopic (exact) mass is 355 g/mol. The molecular weight excluding hydrogens is 330 g/mol. The van der Waals surface area contributed by atoms with E-state index in [0.717, 1.165) is 49.7 Å². The lowest BCUT2D eigenvalue weighted by Gasteiger charge is -2.36. The summed E-state index contributed by atoms with van der Waals surface area (Å²) in [6, 6.07) is 12.7. The minimum absolute atomic E-state index is 0.219. The lowest BCUT2D eigenvalue weighted by molar-refractivity contribution is 0.506. The van der Waals surface area contributed by atoms with E-state index in [4.69, 9.17) is 18.0 Å². The first-order valence-electron chi connectivity index (χ1n) is 8.64. The topological polar surface area (TPSA) is 57.4 Å². The first kappa shape index (κ1) is 17.6. The van der Waals surface area contributed by atoms with Crippen molar-refractivity contribution in [3.05, 3.63) is 48.2 Å². The highest BCUT2D eigenvalue weighted by Crippen LogP contribution is 2.36. The molecule has 1 aliphatic rings. The number of nitrogens with two attached hydrogens (primary N) is 1. The van der Waals surface area contributed by atoms with Crippen molar-refractivity contribution in [2.45, 2.75) is 25.4 Å². The number of hydrogen-bond acceptors (Lipinski definition) is 5. The number of nitrogens with zero attached hydrogens (tertiary/aromatic N) is 3. The van der Waals surface area contributed by atoms with Crippen LogP contribution in [0.2, 0.25) is 0 Å². The van der Waals surface area contributed by atoms with Crippen LogP contribution in [0.4, 0.5) is 17.2 Å². The van der Waals surface area contributed by atoms with Crippen LogP contribution in [0.3, 0.4) is 0 Å². The maximum Gasteiger partial charge on any atom is 0.156 e. The van der Waals surface area contributed by atoms with Crippen LogP contribution in [0.15, 0.2) is 42.6 Å². The largest absolute Gasteiger partial charge is 0.368 e. The van der Waals surface area contributed by atoms with E-state index in [9.17, 15) is 0 Å². The molecule has 0 spiro atoms. The van der Waals surface area contributed by atoms with E-state index in [1.54, 1.807) is 0 Å². The highest BCUT2D eigenvalue weighted by molar-refractivity contribution is 7.79. The Morgan fingerprint density at radius 3 is 2.88 bits per heavy atom. The summed E-state index contributed by atoms with van der Waals surface area (Å²) in [7, 11) is 2.09. The predicted molar refractivity (Wildman–Crippen MR) is 109 cm³/mol. The molecule has 25 heavy (non-hydrogen) atoms. The van der Waals surface area contributed by atoms with Crippen molar-refractivity contribution in [3.63, 3.8) is 0 Å². The first-order valence-corrected chi connectivity index (χ1v) is 9.11. The Bertz CT molecular complexity index is 706. The van der Waals surface area contributed by atoms with Crippen LogP contribution in [0.25, 0.3) is 0 Å². The lowest BCUT2D eigenvalue weighted by Crippen LogP contribution is -2.43. The molecule has 132 valence electrons. The van der Waals surface area contributed by atoms with Crippen LogP contribution < -0.4 is 20.9 Å². The Balaban J connectivity index is 1.94. The fraction of sp³-hybridized carbons (Fsp3) is 0.368. The molecule has 1 aromatic heterocycles. The van der Waals surface area contributed by atoms with E-state index in [-0.39, 0.29) is 6.04 Å². The molecule has 2 heterocycles. The smallest absolute Gasteiger partial charge is 0.156 e. The van der Waals surface area contributed by atoms with Gasteiger partial charge in [-0.2, -0.15) is 0 Å². The number of aromatic nitrogens is 1. The molecule has 0 amide bonds. The Morgan fingerprint density at radius 1 is 1.36 bits per heavy atom. The van der Waals surface area contributed by atoms with Gasteiger partial charge in [-0.3, -0.25) is 0 Å². The number of benzene rings is 1. The number of hydrogen-bond donors (Lipinski definition) is 2. The van der Waals surface area contributed by atoms with E-state index < -0.39 is 0 Å². The van der Waals surface area contributed by atoms with E-state index in [1.807, 2.05) is 12.3 Å². The Labute approximate surface area is 154 Å². The van der Waals surface area contributed by atoms with Gasteiger partial charge in [-0.1, -0.05) is 42.5 Å². The Morgan fingerprint density at radius 2 is 2.16 bits per heavy atom. The number of nitrogens with one attached hydrogen (secondary N) is 1. The molecule has 1 aliphatic heterocycles. The molecule has 3 rings (SSSR count). The SMILES string of the molecule is CN(Cc1ccccc1)c1c(N2CCCC(N)C2)ccnc1NC=S. The van der Waals surface area contributed by atoms with Gasteiger partial charge in [-0.15, -0.1) is 0 Å². The van der Waals surface area contributed by atoms with E-state index >= 15 is 0 Å². The van der Waals surface area contributed by atoms with Crippen LogP contribution in [0.5, 0.6) is 0 Å². The highest BCUT2D eigenvalue weighted by atomic mass is 32.1. The summed E-state index contributed by atoms with van der Waals surface area (Å²) in [4.78, 5) is 9.08. The molecule has 0 saturated carbocycles. The third-order valence-electron chi connectivity index (χ3n) is 4.54. The Kier molecular flexibility index (Phi) is 5.83. The van der Waals surface area contributed by atoms with Crippen molar-refractivity contribution < 1.29 is 0 Å². The lowest BCUT2D eigenvalue weighted by atomic mass is 10.1. The summed E-state index contributed by atoms with van der Waals surface area (Å²) in [5.74, 6) is 0.782. The van der Waals surface area contributed by atoms with Crippen molar-refractivity contribution in [3.8, 4) is 0 Å². The fourth-order valence-corrected chi connectivity index (χ4v) is 3.51. The van der Waals surface area contributed by atoms with Crippen LogP contribution >= 0.6 is 12.2 Å². The zero-order valence-corrected chi connectivity index (χ0v) is 15.4. The van der Waals surface area contributed by atoms with E-state index in [0.29, 0.717) is 0 Å². The standard InChI is InChI=1S/C19H25N5S/c1-23(12-15-6-3-2-4-7-15)18-17(9-10-21-19(18)22-14-25)24-11-5-8-16(20)13-24/h2-4,6-7,9-10,14,16H,5,8,11-13,20H2,1H3,(H,21,22,25). The molecular formula is C19H25N5S. The van der Waals surface area contributed by atoms with Gasteiger partial charge < -0.3 is 20.9 Å². The molecule has 2 aromatic rings. The van der Waals surface area contributed by atoms with Crippen LogP contribution in [-0.4, -0.2) is 36.7 Å². The second-order valence-electron chi connectivity index (χ2n) is 6.48. The van der Waals surface area contributed by atoms with Crippen molar-refractivity contribution in [1.29, 1.82) is 0 Å². The molecule has 3 N–H and O–H groups in total. The number of anilines is 3. The van der Waals surface area contributed by atoms with Crippen LogP contribution in [-0.2, 0) is 6.54 Å². The molecule has 1 aromatic carbocycles. The maximum atomic E-state index is 6.20. The van der Waals surface area contributed by atoms with E-state index in [1.165, 1.54) is 11.1 Å². The van der Waals surface area contributed by atoms with Gasteiger partial charge in [-0.05, 0) is 24.5 Å². The zero-order valence-electron chi connectivity index (χ0n) is 14.6. The minimum Gasteiger partial charge on any atom is -0.368 e. The van der Waals surface area contributed by atoms with Gasteiger partial charge >= 0.3 is 0 Å². The summed E-state index contributed by atoms with van der Waals surface area (Å²) in [5.41, 5.74) is 11.2. The molecule has 1 fully saturated rings. The van der Waals surface area contributed by atoms with Gasteiger partial charge in [-0.25, -0.2) is 4.98 Å². The maximum absolute atomic E-state index is 6.20. The van der Waals surface area contributed by atoms with Crippen molar-refractivity contribution >= 4 is 34.9 Å². The van der Waals surface area contributed by atoms with E-state index in [2.05, 4.69) is 57.5 Å². The molecule has 0 bridgehead atoms. The van der Waals surface area contributed by atoms with Gasteiger partial charge in [0.25, 0.3) is 0 Å². The summed E-state index contributed by atoms with van der Waals surface area (Å²) in [6.45, 7) is 2.68. The fourth-order valence-electron chi connectivity index (χ4n) is 3.40. The minimum atomic E-state index is 0.219. The summed E-state index contributed by atoms with van der Waals surface area (Å²) in [6.07, 6.45) is 4.03. The molecule has 1 saturated heterocycles. The number of piperidine rings is 1. The molecule has 0 radical (unpaired) electrons. The van der Waals surface area contributed by atoms with Crippen molar-refractivity contribution in [2.24, 2.45) is 5.73 Å². The number of rotatable bonds is 6. The quantitative estimate of drug-likeness (QED) is 0.777. The molecule has 1 atom stereocenters. The number of thiocarbonyl (C=S) groups is 1. The molecule has 5 nitrogen and oxygen atoms in total. The zero-order chi connectivity index (χ0) is 17.6. The van der Waals surface area contributed by atoms with Gasteiger partial charge in [0.1, 0.15) is 5.69 Å². The van der Waals surface area contributed by atoms with Gasteiger partial charge in [0, 0.05) is 38.9 Å². The van der Waals surface area contributed by atoms with Crippen molar-refractivity contribution in [1.82, 2.24) is 4.98 Å². The first-order chi connectivity index (χ1) is 12.2. The summed E-state index contributed by atoms with van der Waals surface area (Å²) >= 11 is 5.00. The third kappa shape index (κ3) is 4.27. The summed E-state index contributed by atoms with van der Waals surface area (Å²) in [5, 5.41) is 3.11. The Hall–Kier alpha value is -2.18. The average Bonchev–Trinajstić information content (AvgIpc) is 2.62. The van der Waals surface area contributed by atoms with Gasteiger partial charge in [0.05, 0.1) is 11.2 Å². The van der Waals surface area contributed by atoms with Crippen LogP contribution in [0.1, 0.15) is 18.4 Å². The predicted octanol–water partition coefficient (Wildman–Crippen LogP) is 3.01. The van der Waals surface area contributed by atoms with Gasteiger partial charge in [0.15, 0.2) is 5.82 Å². The normalized spacial score (nSPS) is 17.2. The molecule has 6 heteroatoms. The number of pyridine rings is 1. The van der Waals surface area contributed by atoms with Crippen molar-refractivity contribution in [2.75, 3.05) is 35.3 Å². The molecule has 1 unspecified atom stereocenters. The van der Waals surface area contributed by atoms with Gasteiger partial charge in [0.2, 0.25) is 0 Å². The second kappa shape index (κ2) is 8.27. The second-order valence-corrected chi connectivity index (χ2v) is 6.72.